The molecule has 148 valence electrons. The van der Waals surface area contributed by atoms with Gasteiger partial charge in [0.05, 0.1) is 29.4 Å². The minimum atomic E-state index is 0.00964. The fraction of sp³-hybridized carbons (Fsp3) is 0.250. The Morgan fingerprint density at radius 3 is 2.59 bits per heavy atom. The summed E-state index contributed by atoms with van der Waals surface area (Å²) in [6, 6.07) is 18.1. The van der Waals surface area contributed by atoms with Gasteiger partial charge in [0.15, 0.2) is 5.13 Å². The van der Waals surface area contributed by atoms with Crippen LogP contribution in [-0.4, -0.2) is 10.9 Å². The topological polar surface area (TPSA) is 46.3 Å². The van der Waals surface area contributed by atoms with E-state index in [1.807, 2.05) is 43.3 Å². The van der Waals surface area contributed by atoms with Crippen LogP contribution in [0.15, 0.2) is 65.3 Å². The highest BCUT2D eigenvalue weighted by molar-refractivity contribution is 7.22. The number of amides is 1. The Morgan fingerprint density at radius 2 is 1.90 bits per heavy atom. The number of aryl methyl sites for hydroxylation is 1. The molecule has 5 heteroatoms. The highest BCUT2D eigenvalue weighted by Gasteiger charge is 2.22. The summed E-state index contributed by atoms with van der Waals surface area (Å²) in [7, 11) is 0. The van der Waals surface area contributed by atoms with Crippen LogP contribution in [0.3, 0.4) is 0 Å². The van der Waals surface area contributed by atoms with Crippen molar-refractivity contribution in [2.75, 3.05) is 4.90 Å². The smallest absolute Gasteiger partial charge is 0.233 e. The summed E-state index contributed by atoms with van der Waals surface area (Å²) in [6.45, 7) is 6.74. The number of hydrogen-bond donors (Lipinski definition) is 0. The summed E-state index contributed by atoms with van der Waals surface area (Å²) in [4.78, 5) is 19.9. The molecule has 2 aromatic carbocycles. The van der Waals surface area contributed by atoms with E-state index in [-0.39, 0.29) is 5.91 Å². The summed E-state index contributed by atoms with van der Waals surface area (Å²) in [6.07, 6.45) is 1.96. The molecule has 4 aromatic rings. The molecule has 0 aliphatic rings. The molecule has 4 nitrogen and oxygen atoms in total. The zero-order valence-corrected chi connectivity index (χ0v) is 17.7. The monoisotopic (exact) mass is 404 g/mol. The Labute approximate surface area is 174 Å². The molecule has 0 saturated carbocycles. The first kappa shape index (κ1) is 19.4. The molecular formula is C24H24N2O2S. The molecule has 0 fully saturated rings. The van der Waals surface area contributed by atoms with E-state index in [1.165, 1.54) is 11.1 Å². The molecule has 0 atom stereocenters. The van der Waals surface area contributed by atoms with E-state index in [4.69, 9.17) is 9.40 Å². The van der Waals surface area contributed by atoms with Crippen LogP contribution >= 0.6 is 11.3 Å². The summed E-state index contributed by atoms with van der Waals surface area (Å²) in [5.74, 6) is 1.12. The highest BCUT2D eigenvalue weighted by Crippen LogP contribution is 2.34. The van der Waals surface area contributed by atoms with Gasteiger partial charge in [-0.3, -0.25) is 9.69 Å². The van der Waals surface area contributed by atoms with Crippen molar-refractivity contribution >= 4 is 32.6 Å². The number of anilines is 1. The van der Waals surface area contributed by atoms with E-state index in [0.29, 0.717) is 24.0 Å². The van der Waals surface area contributed by atoms with Gasteiger partial charge in [-0.25, -0.2) is 4.98 Å². The molecule has 0 spiro atoms. The Kier molecular flexibility index (Phi) is 5.49. The molecule has 29 heavy (non-hydrogen) atoms. The minimum Gasteiger partial charge on any atom is -0.467 e. The highest BCUT2D eigenvalue weighted by atomic mass is 32.1. The quantitative estimate of drug-likeness (QED) is 0.390. The summed E-state index contributed by atoms with van der Waals surface area (Å²) >= 11 is 1.55. The number of benzene rings is 2. The summed E-state index contributed by atoms with van der Waals surface area (Å²) < 4.78 is 6.62. The van der Waals surface area contributed by atoms with Gasteiger partial charge in [-0.05, 0) is 42.2 Å². The van der Waals surface area contributed by atoms with Crippen LogP contribution in [0.4, 0.5) is 5.13 Å². The van der Waals surface area contributed by atoms with Crippen molar-refractivity contribution in [3.63, 3.8) is 0 Å². The van der Waals surface area contributed by atoms with Gasteiger partial charge in [0.1, 0.15) is 5.76 Å². The molecule has 0 radical (unpaired) electrons. The van der Waals surface area contributed by atoms with Crippen LogP contribution in [-0.2, 0) is 17.8 Å². The first-order valence-electron chi connectivity index (χ1n) is 9.79. The molecule has 0 bridgehead atoms. The molecule has 0 unspecified atom stereocenters. The lowest BCUT2D eigenvalue weighted by molar-refractivity contribution is -0.118. The van der Waals surface area contributed by atoms with Crippen molar-refractivity contribution in [1.82, 2.24) is 4.98 Å². The second-order valence-corrected chi connectivity index (χ2v) is 8.58. The second-order valence-electron chi connectivity index (χ2n) is 7.57. The molecule has 0 aliphatic carbocycles. The van der Waals surface area contributed by atoms with E-state index in [1.54, 1.807) is 22.5 Å². The lowest BCUT2D eigenvalue weighted by Crippen LogP contribution is -2.31. The van der Waals surface area contributed by atoms with Crippen molar-refractivity contribution in [3.8, 4) is 0 Å². The van der Waals surface area contributed by atoms with Crippen LogP contribution in [0.25, 0.3) is 10.2 Å². The average molecular weight is 405 g/mol. The first-order chi connectivity index (χ1) is 14.0. The first-order valence-corrected chi connectivity index (χ1v) is 10.6. The standard InChI is InChI=1S/C24H24N2O2S/c1-16(2)20-7-4-8-21-23(20)25-24(29-21)26(15-19-6-5-13-28-19)22(27)14-18-11-9-17(3)10-12-18/h4-13,16H,14-15H2,1-3H3. The zero-order chi connectivity index (χ0) is 20.4. The third-order valence-electron chi connectivity index (χ3n) is 4.96. The number of rotatable bonds is 6. The maximum absolute atomic E-state index is 13.3. The summed E-state index contributed by atoms with van der Waals surface area (Å²) in [5.41, 5.74) is 4.36. The maximum atomic E-state index is 13.3. The average Bonchev–Trinajstić information content (AvgIpc) is 3.36. The largest absolute Gasteiger partial charge is 0.467 e. The van der Waals surface area contributed by atoms with Crippen molar-refractivity contribution in [2.24, 2.45) is 0 Å². The van der Waals surface area contributed by atoms with Crippen molar-refractivity contribution in [3.05, 3.63) is 83.3 Å². The molecule has 2 aromatic heterocycles. The SMILES string of the molecule is Cc1ccc(CC(=O)N(Cc2ccco2)c2nc3c(C(C)C)cccc3s2)cc1. The van der Waals surface area contributed by atoms with Crippen molar-refractivity contribution in [1.29, 1.82) is 0 Å². The lowest BCUT2D eigenvalue weighted by atomic mass is 10.0. The number of carbonyl (C=O) groups excluding carboxylic acids is 1. The van der Waals surface area contributed by atoms with Crippen LogP contribution < -0.4 is 4.90 Å². The molecule has 2 heterocycles. The number of thiazole rings is 1. The third kappa shape index (κ3) is 4.25. The molecule has 0 saturated heterocycles. The van der Waals surface area contributed by atoms with Crippen LogP contribution in [0.2, 0.25) is 0 Å². The van der Waals surface area contributed by atoms with Gasteiger partial charge in [-0.15, -0.1) is 0 Å². The fourth-order valence-electron chi connectivity index (χ4n) is 3.34. The van der Waals surface area contributed by atoms with E-state index in [0.717, 1.165) is 21.5 Å². The predicted molar refractivity (Wildman–Crippen MR) is 118 cm³/mol. The van der Waals surface area contributed by atoms with Gasteiger partial charge in [-0.1, -0.05) is 67.1 Å². The fourth-order valence-corrected chi connectivity index (χ4v) is 4.35. The van der Waals surface area contributed by atoms with Gasteiger partial charge in [0, 0.05) is 0 Å². The van der Waals surface area contributed by atoms with Gasteiger partial charge in [0.25, 0.3) is 0 Å². The number of furan rings is 1. The number of hydrogen-bond acceptors (Lipinski definition) is 4. The molecule has 4 rings (SSSR count). The van der Waals surface area contributed by atoms with Crippen LogP contribution in [0.5, 0.6) is 0 Å². The Bertz CT molecular complexity index is 1110. The predicted octanol–water partition coefficient (Wildman–Crippen LogP) is 6.10. The van der Waals surface area contributed by atoms with Crippen molar-refractivity contribution < 1.29 is 9.21 Å². The van der Waals surface area contributed by atoms with E-state index >= 15 is 0 Å². The van der Waals surface area contributed by atoms with E-state index in [2.05, 4.69) is 32.0 Å². The number of carbonyl (C=O) groups is 1. The number of nitrogens with zero attached hydrogens (tertiary/aromatic N) is 2. The number of aromatic nitrogens is 1. The molecule has 0 aliphatic heterocycles. The maximum Gasteiger partial charge on any atom is 0.233 e. The van der Waals surface area contributed by atoms with Crippen LogP contribution in [0.1, 0.15) is 42.2 Å². The zero-order valence-electron chi connectivity index (χ0n) is 16.9. The second kappa shape index (κ2) is 8.21. The molecule has 0 N–H and O–H groups in total. The Morgan fingerprint density at radius 1 is 1.10 bits per heavy atom. The molecule has 1 amide bonds. The molecular weight excluding hydrogens is 380 g/mol. The third-order valence-corrected chi connectivity index (χ3v) is 6.01. The Hall–Kier alpha value is -2.92. The van der Waals surface area contributed by atoms with Gasteiger partial charge < -0.3 is 4.42 Å². The van der Waals surface area contributed by atoms with Gasteiger partial charge in [0.2, 0.25) is 5.91 Å². The normalized spacial score (nSPS) is 11.3. The Balaban J connectivity index is 1.70. The van der Waals surface area contributed by atoms with E-state index in [9.17, 15) is 4.79 Å². The van der Waals surface area contributed by atoms with Crippen LogP contribution in [0, 0.1) is 6.92 Å². The lowest BCUT2D eigenvalue weighted by Gasteiger charge is -2.19. The number of fused-ring (bicyclic) bond motifs is 1. The summed E-state index contributed by atoms with van der Waals surface area (Å²) in [5, 5.41) is 0.710. The minimum absolute atomic E-state index is 0.00964. The van der Waals surface area contributed by atoms with E-state index < -0.39 is 0 Å². The number of para-hydroxylation sites is 1. The van der Waals surface area contributed by atoms with Crippen molar-refractivity contribution in [2.45, 2.75) is 39.7 Å². The van der Waals surface area contributed by atoms with Gasteiger partial charge >= 0.3 is 0 Å². The van der Waals surface area contributed by atoms with Gasteiger partial charge in [-0.2, -0.15) is 0 Å².